The van der Waals surface area contributed by atoms with Gasteiger partial charge in [0.2, 0.25) is 0 Å². The van der Waals surface area contributed by atoms with Crippen LogP contribution in [-0.4, -0.2) is 19.7 Å². The maximum absolute atomic E-state index is 10.7. The van der Waals surface area contributed by atoms with E-state index in [2.05, 4.69) is 10.1 Å². The molecule has 0 radical (unpaired) electrons. The molecule has 0 aliphatic carbocycles. The standard InChI is InChI=1S/C14H12N4O2/c1-10-2-3-11(7-15-10)9-17-14-5-4-13(18(19)20)6-12(14)8-16-17/h2-8H,9H2,1H3. The Bertz CT molecular complexity index is 777. The summed E-state index contributed by atoms with van der Waals surface area (Å²) >= 11 is 0. The van der Waals surface area contributed by atoms with E-state index in [0.29, 0.717) is 6.54 Å². The van der Waals surface area contributed by atoms with Crippen molar-refractivity contribution < 1.29 is 4.92 Å². The third kappa shape index (κ3) is 2.23. The molecule has 0 amide bonds. The average molecular weight is 268 g/mol. The normalized spacial score (nSPS) is 10.8. The number of hydrogen-bond donors (Lipinski definition) is 0. The number of rotatable bonds is 3. The number of fused-ring (bicyclic) bond motifs is 1. The third-order valence-corrected chi connectivity index (χ3v) is 3.14. The molecule has 100 valence electrons. The molecule has 0 atom stereocenters. The Morgan fingerprint density at radius 3 is 2.80 bits per heavy atom. The first-order chi connectivity index (χ1) is 9.63. The van der Waals surface area contributed by atoms with Gasteiger partial charge in [-0.05, 0) is 24.6 Å². The molecule has 0 saturated carbocycles. The summed E-state index contributed by atoms with van der Waals surface area (Å²) in [6, 6.07) is 8.70. The van der Waals surface area contributed by atoms with Crippen LogP contribution in [0.1, 0.15) is 11.3 Å². The molecular formula is C14H12N4O2. The summed E-state index contributed by atoms with van der Waals surface area (Å²) in [5.74, 6) is 0. The van der Waals surface area contributed by atoms with Gasteiger partial charge in [0.25, 0.3) is 5.69 Å². The summed E-state index contributed by atoms with van der Waals surface area (Å²) < 4.78 is 1.81. The zero-order chi connectivity index (χ0) is 14.1. The van der Waals surface area contributed by atoms with Gasteiger partial charge < -0.3 is 0 Å². The second-order valence-electron chi connectivity index (χ2n) is 4.61. The quantitative estimate of drug-likeness (QED) is 0.540. The van der Waals surface area contributed by atoms with E-state index in [1.165, 1.54) is 12.1 Å². The fourth-order valence-electron chi connectivity index (χ4n) is 2.08. The molecule has 3 aromatic rings. The van der Waals surface area contributed by atoms with Gasteiger partial charge in [0, 0.05) is 29.4 Å². The van der Waals surface area contributed by atoms with E-state index in [1.807, 2.05) is 29.9 Å². The van der Waals surface area contributed by atoms with Crippen molar-refractivity contribution in [1.29, 1.82) is 0 Å². The zero-order valence-electron chi connectivity index (χ0n) is 10.9. The van der Waals surface area contributed by atoms with Gasteiger partial charge in [-0.2, -0.15) is 5.10 Å². The van der Waals surface area contributed by atoms with E-state index in [4.69, 9.17) is 0 Å². The predicted octanol–water partition coefficient (Wildman–Crippen LogP) is 2.70. The molecule has 6 nitrogen and oxygen atoms in total. The molecule has 0 aliphatic heterocycles. The van der Waals surface area contributed by atoms with E-state index in [1.54, 1.807) is 12.3 Å². The van der Waals surface area contributed by atoms with Crippen LogP contribution in [0, 0.1) is 17.0 Å². The van der Waals surface area contributed by atoms with Crippen LogP contribution < -0.4 is 0 Å². The van der Waals surface area contributed by atoms with E-state index < -0.39 is 4.92 Å². The van der Waals surface area contributed by atoms with E-state index in [0.717, 1.165) is 22.2 Å². The molecule has 0 unspecified atom stereocenters. The summed E-state index contributed by atoms with van der Waals surface area (Å²) in [6.45, 7) is 2.53. The Morgan fingerprint density at radius 1 is 1.25 bits per heavy atom. The fourth-order valence-corrected chi connectivity index (χ4v) is 2.08. The summed E-state index contributed by atoms with van der Waals surface area (Å²) in [4.78, 5) is 14.6. The number of benzene rings is 1. The van der Waals surface area contributed by atoms with Gasteiger partial charge in [-0.1, -0.05) is 6.07 Å². The average Bonchev–Trinajstić information content (AvgIpc) is 2.84. The Balaban J connectivity index is 1.96. The van der Waals surface area contributed by atoms with Gasteiger partial charge in [0.15, 0.2) is 0 Å². The van der Waals surface area contributed by atoms with Gasteiger partial charge in [-0.15, -0.1) is 0 Å². The zero-order valence-corrected chi connectivity index (χ0v) is 10.9. The molecule has 0 fully saturated rings. The van der Waals surface area contributed by atoms with Crippen LogP contribution in [0.3, 0.4) is 0 Å². The maximum atomic E-state index is 10.7. The summed E-state index contributed by atoms with van der Waals surface area (Å²) in [7, 11) is 0. The number of nitrogens with zero attached hydrogens (tertiary/aromatic N) is 4. The van der Waals surface area contributed by atoms with Crippen molar-refractivity contribution in [2.24, 2.45) is 0 Å². The minimum absolute atomic E-state index is 0.0778. The van der Waals surface area contributed by atoms with Gasteiger partial charge in [-0.25, -0.2) is 0 Å². The number of nitro benzene ring substituents is 1. The van der Waals surface area contributed by atoms with E-state index in [9.17, 15) is 10.1 Å². The van der Waals surface area contributed by atoms with Crippen LogP contribution >= 0.6 is 0 Å². The van der Waals surface area contributed by atoms with Crippen molar-refractivity contribution in [3.63, 3.8) is 0 Å². The van der Waals surface area contributed by atoms with Gasteiger partial charge in [0.1, 0.15) is 0 Å². The van der Waals surface area contributed by atoms with Crippen LogP contribution in [-0.2, 0) is 6.54 Å². The summed E-state index contributed by atoms with van der Waals surface area (Å²) in [5.41, 5.74) is 2.96. The minimum Gasteiger partial charge on any atom is -0.261 e. The molecule has 2 aromatic heterocycles. The molecule has 0 bridgehead atoms. The van der Waals surface area contributed by atoms with Crippen molar-refractivity contribution in [3.05, 3.63) is 64.1 Å². The third-order valence-electron chi connectivity index (χ3n) is 3.14. The number of nitro groups is 1. The number of aromatic nitrogens is 3. The lowest BCUT2D eigenvalue weighted by Crippen LogP contribution is -2.02. The van der Waals surface area contributed by atoms with Gasteiger partial charge >= 0.3 is 0 Å². The highest BCUT2D eigenvalue weighted by Gasteiger charge is 2.09. The molecule has 0 aliphatic rings. The number of hydrogen-bond acceptors (Lipinski definition) is 4. The van der Waals surface area contributed by atoms with Crippen LogP contribution in [0.15, 0.2) is 42.7 Å². The lowest BCUT2D eigenvalue weighted by molar-refractivity contribution is -0.384. The van der Waals surface area contributed by atoms with Crippen molar-refractivity contribution in [2.45, 2.75) is 13.5 Å². The number of aryl methyl sites for hydroxylation is 1. The highest BCUT2D eigenvalue weighted by molar-refractivity contribution is 5.81. The van der Waals surface area contributed by atoms with Gasteiger partial charge in [-0.3, -0.25) is 19.8 Å². The van der Waals surface area contributed by atoms with Crippen LogP contribution in [0.5, 0.6) is 0 Å². The Hall–Kier alpha value is -2.76. The Kier molecular flexibility index (Phi) is 2.90. The van der Waals surface area contributed by atoms with Gasteiger partial charge in [0.05, 0.1) is 23.2 Å². The first kappa shape index (κ1) is 12.3. The second-order valence-corrected chi connectivity index (χ2v) is 4.61. The topological polar surface area (TPSA) is 73.8 Å². The fraction of sp³-hybridized carbons (Fsp3) is 0.143. The second kappa shape index (κ2) is 4.73. The first-order valence-corrected chi connectivity index (χ1v) is 6.15. The monoisotopic (exact) mass is 268 g/mol. The highest BCUT2D eigenvalue weighted by atomic mass is 16.6. The highest BCUT2D eigenvalue weighted by Crippen LogP contribution is 2.21. The summed E-state index contributed by atoms with van der Waals surface area (Å²) in [5, 5.41) is 15.8. The van der Waals surface area contributed by atoms with E-state index in [-0.39, 0.29) is 5.69 Å². The van der Waals surface area contributed by atoms with Crippen molar-refractivity contribution in [3.8, 4) is 0 Å². The summed E-state index contributed by atoms with van der Waals surface area (Å²) in [6.07, 6.45) is 3.46. The predicted molar refractivity (Wildman–Crippen MR) is 74.5 cm³/mol. The molecule has 20 heavy (non-hydrogen) atoms. The maximum Gasteiger partial charge on any atom is 0.270 e. The minimum atomic E-state index is -0.402. The molecule has 0 N–H and O–H groups in total. The molecular weight excluding hydrogens is 256 g/mol. The number of pyridine rings is 1. The largest absolute Gasteiger partial charge is 0.270 e. The molecule has 2 heterocycles. The van der Waals surface area contributed by atoms with Crippen LogP contribution in [0.25, 0.3) is 10.9 Å². The molecule has 6 heteroatoms. The molecule has 1 aromatic carbocycles. The van der Waals surface area contributed by atoms with Crippen LogP contribution in [0.2, 0.25) is 0 Å². The van der Waals surface area contributed by atoms with Crippen molar-refractivity contribution in [2.75, 3.05) is 0 Å². The number of non-ortho nitro benzene ring substituents is 1. The molecule has 0 spiro atoms. The smallest absolute Gasteiger partial charge is 0.261 e. The Morgan fingerprint density at radius 2 is 2.10 bits per heavy atom. The lowest BCUT2D eigenvalue weighted by Gasteiger charge is -2.04. The van der Waals surface area contributed by atoms with E-state index >= 15 is 0 Å². The molecule has 3 rings (SSSR count). The van der Waals surface area contributed by atoms with Crippen molar-refractivity contribution in [1.82, 2.24) is 14.8 Å². The van der Waals surface area contributed by atoms with Crippen molar-refractivity contribution >= 4 is 16.6 Å². The SMILES string of the molecule is Cc1ccc(Cn2ncc3cc([N+](=O)[O-])ccc32)cn1. The Labute approximate surface area is 114 Å². The molecule has 0 saturated heterocycles. The van der Waals surface area contributed by atoms with Crippen LogP contribution in [0.4, 0.5) is 5.69 Å². The first-order valence-electron chi connectivity index (χ1n) is 6.15. The lowest BCUT2D eigenvalue weighted by atomic mass is 10.2.